The molecule has 0 unspecified atom stereocenters. The number of benzene rings is 1. The summed E-state index contributed by atoms with van der Waals surface area (Å²) in [6.07, 6.45) is 3.26. The van der Waals surface area contributed by atoms with E-state index in [0.29, 0.717) is 5.92 Å². The molecule has 0 aromatic heterocycles. The predicted molar refractivity (Wildman–Crippen MR) is 134 cm³/mol. The fourth-order valence-electron chi connectivity index (χ4n) is 3.88. The van der Waals surface area contributed by atoms with E-state index in [1.165, 1.54) is 5.56 Å². The number of aliphatic imine (C=N–C) groups is 1. The molecule has 2 fully saturated rings. The van der Waals surface area contributed by atoms with E-state index in [1.54, 1.807) is 0 Å². The van der Waals surface area contributed by atoms with Crippen LogP contribution in [0.4, 0.5) is 0 Å². The first kappa shape index (κ1) is 25.6. The van der Waals surface area contributed by atoms with Gasteiger partial charge in [0.25, 0.3) is 0 Å². The normalized spacial score (nSPS) is 18.9. The van der Waals surface area contributed by atoms with Gasteiger partial charge in [0.2, 0.25) is 0 Å². The van der Waals surface area contributed by atoms with Crippen LogP contribution in [0.15, 0.2) is 29.3 Å². The number of guanidine groups is 1. The molecule has 1 aromatic rings. The molecule has 0 bridgehead atoms. The zero-order valence-corrected chi connectivity index (χ0v) is 21.1. The number of ether oxygens (including phenoxy) is 2. The standard InChI is InChI=1S/C22H35ClN4O2.HI/c1-24-22(25-8-3-13-29-18-19-6-14-28-15-7-19)27-11-9-26(10-12-27)17-20-4-2-5-21(23)16-20;/h2,4-5,16,19H,3,6-15,17-18H2,1H3,(H,24,25);1H. The van der Waals surface area contributed by atoms with Crippen LogP contribution >= 0.6 is 35.6 Å². The predicted octanol–water partition coefficient (Wildman–Crippen LogP) is 3.48. The van der Waals surface area contributed by atoms with Crippen molar-refractivity contribution in [3.63, 3.8) is 0 Å². The molecule has 3 rings (SSSR count). The molecule has 8 heteroatoms. The Bertz CT molecular complexity index is 635. The van der Waals surface area contributed by atoms with Crippen LogP contribution in [-0.4, -0.2) is 82.0 Å². The second-order valence-electron chi connectivity index (χ2n) is 7.85. The van der Waals surface area contributed by atoms with Crippen molar-refractivity contribution in [1.29, 1.82) is 0 Å². The minimum atomic E-state index is 0. The van der Waals surface area contributed by atoms with Crippen molar-refractivity contribution in [2.45, 2.75) is 25.8 Å². The molecule has 1 aromatic carbocycles. The van der Waals surface area contributed by atoms with Crippen LogP contribution in [0.2, 0.25) is 5.02 Å². The van der Waals surface area contributed by atoms with Crippen molar-refractivity contribution in [3.8, 4) is 0 Å². The van der Waals surface area contributed by atoms with E-state index in [4.69, 9.17) is 21.1 Å². The average molecular weight is 551 g/mol. The number of rotatable bonds is 8. The second kappa shape index (κ2) is 14.5. The molecule has 30 heavy (non-hydrogen) atoms. The smallest absolute Gasteiger partial charge is 0.193 e. The summed E-state index contributed by atoms with van der Waals surface area (Å²) in [4.78, 5) is 9.28. The monoisotopic (exact) mass is 550 g/mol. The summed E-state index contributed by atoms with van der Waals surface area (Å²) in [5.74, 6) is 1.67. The summed E-state index contributed by atoms with van der Waals surface area (Å²) >= 11 is 6.10. The van der Waals surface area contributed by atoms with Gasteiger partial charge in [-0.15, -0.1) is 24.0 Å². The molecule has 0 amide bonds. The number of piperazine rings is 1. The van der Waals surface area contributed by atoms with Gasteiger partial charge in [0.15, 0.2) is 5.96 Å². The summed E-state index contributed by atoms with van der Waals surface area (Å²) in [5, 5.41) is 4.30. The van der Waals surface area contributed by atoms with Gasteiger partial charge in [0.05, 0.1) is 0 Å². The van der Waals surface area contributed by atoms with Gasteiger partial charge in [-0.1, -0.05) is 23.7 Å². The van der Waals surface area contributed by atoms with E-state index in [-0.39, 0.29) is 24.0 Å². The van der Waals surface area contributed by atoms with Gasteiger partial charge in [0, 0.05) is 77.8 Å². The lowest BCUT2D eigenvalue weighted by atomic mass is 10.0. The van der Waals surface area contributed by atoms with E-state index < -0.39 is 0 Å². The highest BCUT2D eigenvalue weighted by atomic mass is 127. The Balaban J connectivity index is 0.00000320. The first-order valence-corrected chi connectivity index (χ1v) is 11.2. The number of nitrogens with one attached hydrogen (secondary N) is 1. The van der Waals surface area contributed by atoms with Gasteiger partial charge >= 0.3 is 0 Å². The second-order valence-corrected chi connectivity index (χ2v) is 8.29. The molecule has 170 valence electrons. The lowest BCUT2D eigenvalue weighted by molar-refractivity contribution is 0.0203. The summed E-state index contributed by atoms with van der Waals surface area (Å²) < 4.78 is 11.2. The van der Waals surface area contributed by atoms with Crippen LogP contribution in [0.1, 0.15) is 24.8 Å². The van der Waals surface area contributed by atoms with Crippen molar-refractivity contribution in [2.24, 2.45) is 10.9 Å². The third kappa shape index (κ3) is 8.86. The van der Waals surface area contributed by atoms with Gasteiger partial charge in [-0.2, -0.15) is 0 Å². The lowest BCUT2D eigenvalue weighted by Gasteiger charge is -2.36. The highest BCUT2D eigenvalue weighted by Crippen LogP contribution is 2.15. The van der Waals surface area contributed by atoms with Crippen LogP contribution < -0.4 is 5.32 Å². The highest BCUT2D eigenvalue weighted by molar-refractivity contribution is 14.0. The molecule has 0 saturated carbocycles. The zero-order valence-electron chi connectivity index (χ0n) is 18.0. The summed E-state index contributed by atoms with van der Waals surface area (Å²) in [7, 11) is 1.86. The zero-order chi connectivity index (χ0) is 20.3. The number of hydrogen-bond donors (Lipinski definition) is 1. The van der Waals surface area contributed by atoms with E-state index >= 15 is 0 Å². The molecule has 2 aliphatic heterocycles. The SMILES string of the molecule is CN=C(NCCCOCC1CCOCC1)N1CCN(Cc2cccc(Cl)c2)CC1.I. The Kier molecular flexibility index (Phi) is 12.4. The minimum Gasteiger partial charge on any atom is -0.381 e. The molecule has 2 heterocycles. The van der Waals surface area contributed by atoms with Crippen LogP contribution in [0, 0.1) is 5.92 Å². The first-order valence-electron chi connectivity index (χ1n) is 10.8. The molecular weight excluding hydrogens is 515 g/mol. The van der Waals surface area contributed by atoms with E-state index in [0.717, 1.165) is 95.9 Å². The molecule has 0 spiro atoms. The Morgan fingerprint density at radius 2 is 2.00 bits per heavy atom. The number of halogens is 2. The molecule has 0 atom stereocenters. The third-order valence-electron chi connectivity index (χ3n) is 5.62. The molecule has 0 radical (unpaired) electrons. The Morgan fingerprint density at radius 1 is 1.23 bits per heavy atom. The molecule has 6 nitrogen and oxygen atoms in total. The van der Waals surface area contributed by atoms with Crippen LogP contribution in [-0.2, 0) is 16.0 Å². The first-order chi connectivity index (χ1) is 14.2. The van der Waals surface area contributed by atoms with Gasteiger partial charge in [0.1, 0.15) is 0 Å². The lowest BCUT2D eigenvalue weighted by Crippen LogP contribution is -2.52. The maximum Gasteiger partial charge on any atom is 0.193 e. The van der Waals surface area contributed by atoms with E-state index in [1.807, 2.05) is 19.2 Å². The maximum absolute atomic E-state index is 6.10. The Hall–Kier alpha value is -0.610. The molecule has 0 aliphatic carbocycles. The highest BCUT2D eigenvalue weighted by Gasteiger charge is 2.19. The van der Waals surface area contributed by atoms with Crippen LogP contribution in [0.5, 0.6) is 0 Å². The van der Waals surface area contributed by atoms with E-state index in [2.05, 4.69) is 32.2 Å². The van der Waals surface area contributed by atoms with Crippen LogP contribution in [0.25, 0.3) is 0 Å². The van der Waals surface area contributed by atoms with E-state index in [9.17, 15) is 0 Å². The van der Waals surface area contributed by atoms with Crippen molar-refractivity contribution >= 4 is 41.5 Å². The van der Waals surface area contributed by atoms with Gasteiger partial charge in [-0.3, -0.25) is 9.89 Å². The van der Waals surface area contributed by atoms with Crippen LogP contribution in [0.3, 0.4) is 0 Å². The summed E-state index contributed by atoms with van der Waals surface area (Å²) in [6.45, 7) is 9.32. The Labute approximate surface area is 203 Å². The maximum atomic E-state index is 6.10. The summed E-state index contributed by atoms with van der Waals surface area (Å²) in [5.41, 5.74) is 1.27. The largest absolute Gasteiger partial charge is 0.381 e. The topological polar surface area (TPSA) is 49.3 Å². The fraction of sp³-hybridized carbons (Fsp3) is 0.682. The minimum absolute atomic E-state index is 0. The number of nitrogens with zero attached hydrogens (tertiary/aromatic N) is 3. The van der Waals surface area contributed by atoms with Crippen molar-refractivity contribution in [2.75, 3.05) is 66.2 Å². The van der Waals surface area contributed by atoms with Crippen molar-refractivity contribution in [3.05, 3.63) is 34.9 Å². The van der Waals surface area contributed by atoms with Gasteiger partial charge < -0.3 is 19.7 Å². The number of hydrogen-bond acceptors (Lipinski definition) is 4. The summed E-state index contributed by atoms with van der Waals surface area (Å²) in [6, 6.07) is 8.14. The van der Waals surface area contributed by atoms with Crippen molar-refractivity contribution < 1.29 is 9.47 Å². The molecule has 2 saturated heterocycles. The van der Waals surface area contributed by atoms with Gasteiger partial charge in [-0.25, -0.2) is 0 Å². The Morgan fingerprint density at radius 3 is 2.70 bits per heavy atom. The quantitative estimate of drug-likeness (QED) is 0.232. The third-order valence-corrected chi connectivity index (χ3v) is 5.86. The fourth-order valence-corrected chi connectivity index (χ4v) is 4.09. The molecule has 1 N–H and O–H groups in total. The average Bonchev–Trinajstić information content (AvgIpc) is 2.75. The van der Waals surface area contributed by atoms with Crippen molar-refractivity contribution in [1.82, 2.24) is 15.1 Å². The van der Waals surface area contributed by atoms with Gasteiger partial charge in [-0.05, 0) is 42.9 Å². The molecular formula is C22H36ClIN4O2. The molecule has 2 aliphatic rings.